The van der Waals surface area contributed by atoms with Crippen LogP contribution in [0.15, 0.2) is 0 Å². The Hall–Kier alpha value is 118. The molecule has 0 N–H and O–H groups in total. The standard InChI is InChI=1S/92Tb. The summed E-state index contributed by atoms with van der Waals surface area (Å²) in [4.78, 5) is 0. The predicted molar refractivity (Wildman–Crippen MR) is 0 cm³/mol. The van der Waals surface area contributed by atoms with Gasteiger partial charge in [-0.15, -0.1) is 0 Å². The van der Waals surface area contributed by atoms with Gasteiger partial charge in [-0.25, -0.2) is 0 Å². The van der Waals surface area contributed by atoms with Crippen LogP contribution in [0.4, 0.5) is 0 Å². The molecule has 0 spiro atoms. The molecule has 0 atom stereocenters. The van der Waals surface area contributed by atoms with Crippen molar-refractivity contribution in [2.75, 3.05) is 0 Å². The molecule has 92 radical (unpaired) electrons. The molecule has 0 aliphatic heterocycles. The minimum absolute atomic E-state index is 0. The van der Waals surface area contributed by atoms with Gasteiger partial charge in [-0.2, -0.15) is 0 Å². The number of hydrogen-bond donors (Lipinski definition) is 0. The molecule has 0 fully saturated rings. The Morgan fingerprint density at radius 2 is 0.0109 bits per heavy atom. The van der Waals surface area contributed by atoms with E-state index >= 15 is 0 Å². The van der Waals surface area contributed by atoms with Gasteiger partial charge in [-0.1, -0.05) is 0 Å². The molecule has 0 aromatic carbocycles. The molecule has 828 valence electrons. The Morgan fingerprint density at radius 1 is 0.0109 bits per heavy atom. The fraction of sp³-hybridized carbons (Fsp3) is 0. The summed E-state index contributed by atoms with van der Waals surface area (Å²) in [6.45, 7) is 0. The van der Waals surface area contributed by atoms with E-state index in [9.17, 15) is 0 Å². The minimum atomic E-state index is 0. The zero-order chi connectivity index (χ0) is 0. The fourth-order valence-electron chi connectivity index (χ4n) is 0. The van der Waals surface area contributed by atoms with E-state index in [1.165, 1.54) is 0 Å². The van der Waals surface area contributed by atoms with Crippen LogP contribution in [0.5, 0.6) is 0 Å². The third kappa shape index (κ3) is 640. The predicted octanol–water partition coefficient (Wildman–Crippen LogP) is 0. The summed E-state index contributed by atoms with van der Waals surface area (Å²) < 4.78 is 0. The Labute approximate surface area is 3400 Å². The Bertz CT molecular complexity index is 0. The van der Waals surface area contributed by atoms with E-state index < -0.39 is 0 Å². The van der Waals surface area contributed by atoms with E-state index in [1.54, 1.807) is 0 Å². The van der Waals surface area contributed by atoms with Crippen LogP contribution in [0.1, 0.15) is 0 Å². The van der Waals surface area contributed by atoms with E-state index in [0.717, 1.165) is 0 Å². The van der Waals surface area contributed by atoms with E-state index in [2.05, 4.69) is 0 Å². The zero-order valence-electron chi connectivity index (χ0n) is 30.7. The van der Waals surface area contributed by atoms with E-state index in [-0.39, 0.29) is 3550 Å². The molecule has 0 saturated carbocycles. The molecule has 0 aromatic heterocycles. The summed E-state index contributed by atoms with van der Waals surface area (Å²) in [5, 5.41) is 0. The molecule has 0 nitrogen and oxygen atoms in total. The molecular weight excluding hydrogens is 14600 g/mol. The van der Waals surface area contributed by atoms with Gasteiger partial charge in [0.1, 0.15) is 0 Å². The summed E-state index contributed by atoms with van der Waals surface area (Å²) in [7, 11) is 0. The van der Waals surface area contributed by atoms with Crippen molar-refractivity contribution < 1.29 is 3550 Å². The smallest absolute Gasteiger partial charge is 0 e. The average Bonchev–Trinajstić information content (AvgIpc) is 0. The van der Waals surface area contributed by atoms with Gasteiger partial charge in [0.05, 0.1) is 0 Å². The summed E-state index contributed by atoms with van der Waals surface area (Å²) in [5.74, 6) is 0. The van der Waals surface area contributed by atoms with Crippen LogP contribution in [0, 0.1) is 3550 Å². The van der Waals surface area contributed by atoms with Crippen LogP contribution < -0.4 is 0 Å². The molecule has 0 heterocycles. The molecule has 92 heteroatoms. The summed E-state index contributed by atoms with van der Waals surface area (Å²) in [6.07, 6.45) is 0. The van der Waals surface area contributed by atoms with Crippen LogP contribution in [0.25, 0.3) is 0 Å². The Balaban J connectivity index is 0. The van der Waals surface area contributed by atoms with Crippen LogP contribution in [0.3, 0.4) is 0 Å². The monoisotopic (exact) mass is 14600 g/mol. The zero-order valence-corrected chi connectivity index (χ0v) is 227. The maximum atomic E-state index is 0. The van der Waals surface area contributed by atoms with E-state index in [0.29, 0.717) is 0 Å². The molecule has 0 saturated heterocycles. The van der Waals surface area contributed by atoms with Crippen LogP contribution in [-0.2, 0) is 0 Å². The summed E-state index contributed by atoms with van der Waals surface area (Å²) >= 11 is 0. The maximum absolute atomic E-state index is 0. The van der Waals surface area contributed by atoms with Crippen molar-refractivity contribution in [2.24, 2.45) is 0 Å². The van der Waals surface area contributed by atoms with Crippen molar-refractivity contribution in [1.82, 2.24) is 0 Å². The molecule has 0 rings (SSSR count). The quantitative estimate of drug-likeness (QED) is 0.321. The first-order valence-corrected chi connectivity index (χ1v) is 0. The van der Waals surface area contributed by atoms with Crippen molar-refractivity contribution in [3.8, 4) is 0 Å². The maximum Gasteiger partial charge on any atom is 0 e. The van der Waals surface area contributed by atoms with Crippen LogP contribution in [0.2, 0.25) is 0 Å². The van der Waals surface area contributed by atoms with Gasteiger partial charge in [-0.05, 0) is 0 Å². The van der Waals surface area contributed by atoms with Gasteiger partial charge in [0.15, 0.2) is 0 Å². The topological polar surface area (TPSA) is 0 Å². The molecule has 0 unspecified atom stereocenters. The van der Waals surface area contributed by atoms with Gasteiger partial charge < -0.3 is 0 Å². The molecular formula is Tb92. The van der Waals surface area contributed by atoms with Crippen molar-refractivity contribution in [1.29, 1.82) is 0 Å². The van der Waals surface area contributed by atoms with Crippen molar-refractivity contribution in [3.63, 3.8) is 0 Å². The molecule has 0 amide bonds. The van der Waals surface area contributed by atoms with Gasteiger partial charge in [0.2, 0.25) is 0 Å². The van der Waals surface area contributed by atoms with Crippen molar-refractivity contribution in [2.45, 2.75) is 0 Å². The molecule has 0 aliphatic rings. The second-order valence-corrected chi connectivity index (χ2v) is 0. The SMILES string of the molecule is [Tb].[Tb].[Tb].[Tb].[Tb].[Tb].[Tb].[Tb].[Tb].[Tb].[Tb].[Tb].[Tb].[Tb].[Tb].[Tb].[Tb].[Tb].[Tb].[Tb].[Tb].[Tb].[Tb].[Tb].[Tb].[Tb].[Tb].[Tb].[Tb].[Tb].[Tb].[Tb].[Tb].[Tb].[Tb].[Tb].[Tb].[Tb].[Tb].[Tb].[Tb].[Tb].[Tb].[Tb].[Tb].[Tb].[Tb].[Tb].[Tb].[Tb].[Tb].[Tb].[Tb].[Tb].[Tb].[Tb].[Tb].[Tb].[Tb].[Tb].[Tb].[Tb].[Tb].[Tb].[Tb].[Tb].[Tb].[Tb].[Tb].[Tb].[Tb].[Tb].[Tb].[Tb].[Tb].[Tb].[Tb].[Tb].[Tb].[Tb].[Tb].[Tb].[Tb].[Tb].[Tb].[Tb].[Tb].[Tb].[Tb].[Tb].[Tb].[Tb]. The second kappa shape index (κ2) is 649. The minimum Gasteiger partial charge on any atom is 0 e. The third-order valence-corrected chi connectivity index (χ3v) is 0. The largest absolute Gasteiger partial charge is 0 e. The number of hydrogen-bond acceptors (Lipinski definition) is 0. The molecule has 92 heavy (non-hydrogen) atoms. The van der Waals surface area contributed by atoms with E-state index in [4.69, 9.17) is 0 Å². The number of rotatable bonds is 0. The van der Waals surface area contributed by atoms with E-state index in [1.807, 2.05) is 0 Å². The summed E-state index contributed by atoms with van der Waals surface area (Å²) in [6, 6.07) is 0. The van der Waals surface area contributed by atoms with Crippen molar-refractivity contribution >= 4 is 0 Å². The molecule has 0 bridgehead atoms. The fourth-order valence-corrected chi connectivity index (χ4v) is 0. The second-order valence-electron chi connectivity index (χ2n) is 0. The normalized spacial score (nSPS) is 0. The summed E-state index contributed by atoms with van der Waals surface area (Å²) in [5.41, 5.74) is 0. The van der Waals surface area contributed by atoms with Gasteiger partial charge in [-0.3, -0.25) is 0 Å². The van der Waals surface area contributed by atoms with Crippen molar-refractivity contribution in [3.05, 3.63) is 0 Å². The van der Waals surface area contributed by atoms with Crippen LogP contribution in [-0.4, -0.2) is 0 Å². The molecule has 0 aliphatic carbocycles. The Morgan fingerprint density at radius 3 is 0.0109 bits per heavy atom. The van der Waals surface area contributed by atoms with Gasteiger partial charge >= 0.3 is 0 Å². The average molecular weight is 14600 g/mol. The van der Waals surface area contributed by atoms with Crippen LogP contribution >= 0.6 is 0 Å². The first-order chi connectivity index (χ1) is 0. The Kier molecular flexibility index (Phi) is 4640. The first kappa shape index (κ1) is 658. The van der Waals surface area contributed by atoms with Gasteiger partial charge in [0, 0.05) is 3550 Å². The van der Waals surface area contributed by atoms with Gasteiger partial charge in [0.25, 0.3) is 0 Å². The molecule has 0 aromatic rings. The third-order valence-electron chi connectivity index (χ3n) is 0. The first-order valence-electron chi connectivity index (χ1n) is 0.